The normalized spacial score (nSPS) is 12.0. The Morgan fingerprint density at radius 2 is 1.32 bits per heavy atom. The van der Waals surface area contributed by atoms with Gasteiger partial charge in [-0.1, -0.05) is 78.9 Å². The van der Waals surface area contributed by atoms with E-state index in [-0.39, 0.29) is 20.2 Å². The molecule has 0 heterocycles. The monoisotopic (exact) mass is 734 g/mol. The summed E-state index contributed by atoms with van der Waals surface area (Å²) in [5.41, 5.74) is 3.42. The topological polar surface area (TPSA) is 199 Å². The largest absolute Gasteiger partial charge is 0.744 e. The summed E-state index contributed by atoms with van der Waals surface area (Å²) < 4.78 is 93.7. The Labute approximate surface area is 290 Å². The van der Waals surface area contributed by atoms with E-state index < -0.39 is 30.4 Å². The number of anilines is 1. The van der Waals surface area contributed by atoms with E-state index in [0.717, 1.165) is 5.69 Å². The predicted molar refractivity (Wildman–Crippen MR) is 186 cm³/mol. The van der Waals surface area contributed by atoms with Gasteiger partial charge in [-0.05, 0) is 88.2 Å². The lowest BCUT2D eigenvalue weighted by atomic mass is 9.95. The molecule has 0 fully saturated rings. The van der Waals surface area contributed by atoms with Crippen LogP contribution in [0, 0.1) is 0 Å². The Bertz CT molecular complexity index is 2470. The van der Waals surface area contributed by atoms with Crippen LogP contribution in [0.4, 0.5) is 5.69 Å². The van der Waals surface area contributed by atoms with Crippen molar-refractivity contribution >= 4 is 47.7 Å². The molecular formula is C35H32N3O9S3-. The molecule has 50 heavy (non-hydrogen) atoms. The molecule has 0 bridgehead atoms. The van der Waals surface area contributed by atoms with E-state index in [1.54, 1.807) is 66.7 Å². The second-order valence-electron chi connectivity index (χ2n) is 11.0. The van der Waals surface area contributed by atoms with Crippen molar-refractivity contribution in [1.82, 2.24) is 0 Å². The van der Waals surface area contributed by atoms with Crippen molar-refractivity contribution in [2.45, 2.75) is 28.2 Å². The molecule has 0 unspecified atom stereocenters. The van der Waals surface area contributed by atoms with Gasteiger partial charge in [0.1, 0.15) is 10.1 Å². The van der Waals surface area contributed by atoms with E-state index in [9.17, 15) is 29.8 Å². The van der Waals surface area contributed by atoms with Gasteiger partial charge < -0.3 is 9.45 Å². The van der Waals surface area contributed by atoms with Crippen LogP contribution in [0.5, 0.6) is 0 Å². The standard InChI is InChI=1S/C35H33N3O9S3/c1-2-38(24-27-8-6-10-32(23-27)50(44,45)47-37)30-19-17-29(18-20-30)35(33-11-3-4-12-34(33)48(39,40)41)28-15-13-25(14-16-28)21-26-7-5-9-31(22-26)49(42,43)46-36/h3-23H,2,24,36-37H2,1H3,(H,39,40,41)/p-1. The first-order chi connectivity index (χ1) is 23.8. The van der Waals surface area contributed by atoms with E-state index in [4.69, 9.17) is 11.8 Å². The molecule has 4 N–H and O–H groups in total. The highest BCUT2D eigenvalue weighted by atomic mass is 32.2. The van der Waals surface area contributed by atoms with Crippen LogP contribution in [-0.4, -0.2) is 36.4 Å². The fourth-order valence-corrected chi connectivity index (χ4v) is 7.40. The highest BCUT2D eigenvalue weighted by molar-refractivity contribution is 7.87. The van der Waals surface area contributed by atoms with Gasteiger partial charge in [-0.25, -0.2) is 8.42 Å². The summed E-state index contributed by atoms with van der Waals surface area (Å²) in [6.07, 6.45) is 1.75. The maximum absolute atomic E-state index is 12.4. The third-order valence-electron chi connectivity index (χ3n) is 7.82. The molecular weight excluding hydrogens is 703 g/mol. The second kappa shape index (κ2) is 15.0. The van der Waals surface area contributed by atoms with Crippen LogP contribution in [0.25, 0.3) is 11.6 Å². The molecule has 0 amide bonds. The summed E-state index contributed by atoms with van der Waals surface area (Å²) in [5.74, 6) is 9.86. The quantitative estimate of drug-likeness (QED) is 0.141. The van der Waals surface area contributed by atoms with Gasteiger partial charge in [0, 0.05) is 24.3 Å². The van der Waals surface area contributed by atoms with Crippen LogP contribution in [0.1, 0.15) is 29.2 Å². The molecule has 0 atom stereocenters. The molecule has 15 heteroatoms. The van der Waals surface area contributed by atoms with Crippen LogP contribution in [0.2, 0.25) is 0 Å². The Balaban J connectivity index is 1.58. The van der Waals surface area contributed by atoms with Gasteiger partial charge in [0.15, 0.2) is 0 Å². The number of benzene rings is 5. The smallest absolute Gasteiger partial charge is 0.312 e. The lowest BCUT2D eigenvalue weighted by molar-refractivity contribution is 0.332. The minimum atomic E-state index is -4.85. The van der Waals surface area contributed by atoms with Gasteiger partial charge in [0.2, 0.25) is 0 Å². The van der Waals surface area contributed by atoms with Crippen molar-refractivity contribution in [1.29, 1.82) is 0 Å². The number of nitrogens with two attached hydrogens (primary N) is 2. The molecule has 0 radical (unpaired) electrons. The lowest BCUT2D eigenvalue weighted by Gasteiger charge is -2.24. The molecule has 12 nitrogen and oxygen atoms in total. The zero-order valence-electron chi connectivity index (χ0n) is 26.5. The molecule has 5 rings (SSSR count). The van der Waals surface area contributed by atoms with Crippen molar-refractivity contribution in [3.63, 3.8) is 0 Å². The van der Waals surface area contributed by atoms with Gasteiger partial charge in [0.25, 0.3) is 0 Å². The van der Waals surface area contributed by atoms with E-state index >= 15 is 0 Å². The van der Waals surface area contributed by atoms with Gasteiger partial charge in [-0.3, -0.25) is 0 Å². The van der Waals surface area contributed by atoms with Crippen LogP contribution in [0.3, 0.4) is 0 Å². The first-order valence-electron chi connectivity index (χ1n) is 14.9. The Kier molecular flexibility index (Phi) is 11.0. The van der Waals surface area contributed by atoms with Crippen LogP contribution < -0.4 is 27.1 Å². The fourth-order valence-electron chi connectivity index (χ4n) is 5.42. The van der Waals surface area contributed by atoms with Gasteiger partial charge in [-0.2, -0.15) is 37.2 Å². The highest BCUT2D eigenvalue weighted by Crippen LogP contribution is 2.29. The molecule has 0 aliphatic rings. The molecule has 0 aliphatic carbocycles. The zero-order valence-corrected chi connectivity index (χ0v) is 29.0. The second-order valence-corrected chi connectivity index (χ2v) is 15.5. The summed E-state index contributed by atoms with van der Waals surface area (Å²) in [6.45, 7) is 2.89. The first-order valence-corrected chi connectivity index (χ1v) is 19.2. The molecule has 5 aromatic carbocycles. The third-order valence-corrected chi connectivity index (χ3v) is 10.9. The van der Waals surface area contributed by atoms with Gasteiger partial charge in [-0.15, -0.1) is 0 Å². The summed E-state index contributed by atoms with van der Waals surface area (Å²) in [4.78, 5) is 1.46. The van der Waals surface area contributed by atoms with Crippen molar-refractivity contribution in [2.75, 3.05) is 11.4 Å². The van der Waals surface area contributed by atoms with Crippen molar-refractivity contribution in [2.24, 2.45) is 11.8 Å². The van der Waals surface area contributed by atoms with Crippen molar-refractivity contribution in [3.05, 3.63) is 154 Å². The number of nitrogens with zero attached hydrogens (tertiary/aromatic N) is 1. The summed E-state index contributed by atoms with van der Waals surface area (Å²) >= 11 is 0. The zero-order chi connectivity index (χ0) is 36.1. The number of hydrogen-bond donors (Lipinski definition) is 2. The molecule has 0 saturated carbocycles. The average Bonchev–Trinajstić information content (AvgIpc) is 3.12. The van der Waals surface area contributed by atoms with Gasteiger partial charge >= 0.3 is 20.2 Å². The molecule has 0 aromatic heterocycles. The van der Waals surface area contributed by atoms with E-state index in [1.165, 1.54) is 36.4 Å². The summed E-state index contributed by atoms with van der Waals surface area (Å²) in [7, 11) is -13.0. The molecule has 5 aromatic rings. The minimum absolute atomic E-state index is 0.0681. The van der Waals surface area contributed by atoms with E-state index in [0.29, 0.717) is 45.8 Å². The average molecular weight is 735 g/mol. The van der Waals surface area contributed by atoms with E-state index in [2.05, 4.69) is 8.57 Å². The highest BCUT2D eigenvalue weighted by Gasteiger charge is 2.18. The summed E-state index contributed by atoms with van der Waals surface area (Å²) in [6, 6.07) is 32.7. The Morgan fingerprint density at radius 1 is 0.720 bits per heavy atom. The SMILES string of the molecule is CCN(Cc1cccc(S(=O)(=O)ON)c1)c1ccc(C(c2ccccc2S(=O)(=O)[O-])=c2ccc(=Cc3cccc(S(=O)(=O)ON)c3)cc2)cc1. The lowest BCUT2D eigenvalue weighted by Crippen LogP contribution is -2.22. The maximum Gasteiger partial charge on any atom is 0.312 e. The first kappa shape index (κ1) is 36.6. The third kappa shape index (κ3) is 8.35. The summed E-state index contributed by atoms with van der Waals surface area (Å²) in [5, 5.41) is 1.33. The van der Waals surface area contributed by atoms with Crippen LogP contribution in [-0.2, 0) is 45.5 Å². The van der Waals surface area contributed by atoms with Crippen molar-refractivity contribution in [3.8, 4) is 0 Å². The minimum Gasteiger partial charge on any atom is -0.744 e. The van der Waals surface area contributed by atoms with E-state index in [1.807, 2.05) is 36.1 Å². The predicted octanol–water partition coefficient (Wildman–Crippen LogP) is 2.85. The molecule has 260 valence electrons. The Morgan fingerprint density at radius 3 is 1.92 bits per heavy atom. The van der Waals surface area contributed by atoms with Crippen LogP contribution in [0.15, 0.2) is 136 Å². The van der Waals surface area contributed by atoms with Crippen LogP contribution >= 0.6 is 0 Å². The fraction of sp³-hybridized carbons (Fsp3) is 0.0857. The number of rotatable bonds is 12. The molecule has 0 aliphatic heterocycles. The van der Waals surface area contributed by atoms with Crippen molar-refractivity contribution < 1.29 is 38.4 Å². The van der Waals surface area contributed by atoms with Gasteiger partial charge in [0.05, 0.1) is 14.7 Å². The Hall–Kier alpha value is -4.71. The maximum atomic E-state index is 12.4. The molecule has 0 saturated heterocycles. The molecule has 0 spiro atoms. The number of hydrogen-bond acceptors (Lipinski definition) is 12.